The van der Waals surface area contributed by atoms with Gasteiger partial charge in [0.15, 0.2) is 16.8 Å². The van der Waals surface area contributed by atoms with Crippen LogP contribution in [0.2, 0.25) is 0 Å². The van der Waals surface area contributed by atoms with Gasteiger partial charge in [-0.25, -0.2) is 14.8 Å². The third-order valence-corrected chi connectivity index (χ3v) is 2.85. The highest BCUT2D eigenvalue weighted by Crippen LogP contribution is 2.15. The van der Waals surface area contributed by atoms with Crippen molar-refractivity contribution in [2.45, 2.75) is 6.54 Å². The SMILES string of the molecule is [C-]#[N+]c1cccc(Cn2cnc(=N)c3[nH]cnc32)c1. The Morgan fingerprint density at radius 3 is 3.11 bits per heavy atom. The van der Waals surface area contributed by atoms with Gasteiger partial charge < -0.3 is 9.55 Å². The Morgan fingerprint density at radius 1 is 1.37 bits per heavy atom. The van der Waals surface area contributed by atoms with E-state index in [1.165, 1.54) is 0 Å². The molecule has 0 radical (unpaired) electrons. The smallest absolute Gasteiger partial charge is 0.187 e. The summed E-state index contributed by atoms with van der Waals surface area (Å²) in [6.45, 7) is 7.59. The molecule has 0 atom stereocenters. The molecule has 0 aliphatic carbocycles. The number of H-pyrrole nitrogens is 1. The minimum atomic E-state index is 0.179. The van der Waals surface area contributed by atoms with Crippen LogP contribution in [0.3, 0.4) is 0 Å². The second-order valence-corrected chi connectivity index (χ2v) is 4.10. The number of benzene rings is 1. The molecule has 3 rings (SSSR count). The summed E-state index contributed by atoms with van der Waals surface area (Å²) in [6, 6.07) is 7.43. The third kappa shape index (κ3) is 1.98. The number of hydrogen-bond acceptors (Lipinski definition) is 3. The van der Waals surface area contributed by atoms with Crippen molar-refractivity contribution in [2.24, 2.45) is 0 Å². The number of rotatable bonds is 2. The normalized spacial score (nSPS) is 10.5. The van der Waals surface area contributed by atoms with Crippen LogP contribution in [0, 0.1) is 12.0 Å². The van der Waals surface area contributed by atoms with Gasteiger partial charge in [-0.05, 0) is 5.56 Å². The van der Waals surface area contributed by atoms with E-state index in [0.29, 0.717) is 23.4 Å². The fourth-order valence-corrected chi connectivity index (χ4v) is 1.96. The maximum Gasteiger partial charge on any atom is 0.187 e. The number of fused-ring (bicyclic) bond motifs is 1. The van der Waals surface area contributed by atoms with Crippen molar-refractivity contribution >= 4 is 16.9 Å². The summed E-state index contributed by atoms with van der Waals surface area (Å²) in [6.07, 6.45) is 3.15. The predicted octanol–water partition coefficient (Wildman–Crippen LogP) is 1.84. The monoisotopic (exact) mass is 250 g/mol. The molecule has 3 aromatic rings. The molecule has 0 bridgehead atoms. The summed E-state index contributed by atoms with van der Waals surface area (Å²) in [7, 11) is 0. The van der Waals surface area contributed by atoms with Gasteiger partial charge in [-0.3, -0.25) is 5.41 Å². The Morgan fingerprint density at radius 2 is 2.26 bits per heavy atom. The molecule has 19 heavy (non-hydrogen) atoms. The van der Waals surface area contributed by atoms with E-state index in [-0.39, 0.29) is 5.49 Å². The van der Waals surface area contributed by atoms with E-state index in [4.69, 9.17) is 12.0 Å². The Labute approximate surface area is 108 Å². The topological polar surface area (TPSA) is 74.7 Å². The predicted molar refractivity (Wildman–Crippen MR) is 69.5 cm³/mol. The van der Waals surface area contributed by atoms with Gasteiger partial charge in [0.1, 0.15) is 5.52 Å². The number of hydrogen-bond donors (Lipinski definition) is 2. The summed E-state index contributed by atoms with van der Waals surface area (Å²) in [5, 5.41) is 7.69. The molecule has 2 N–H and O–H groups in total. The van der Waals surface area contributed by atoms with Crippen molar-refractivity contribution in [3.63, 3.8) is 0 Å². The van der Waals surface area contributed by atoms with Crippen molar-refractivity contribution in [3.8, 4) is 0 Å². The summed E-state index contributed by atoms with van der Waals surface area (Å²) in [5.41, 5.74) is 3.10. The van der Waals surface area contributed by atoms with E-state index in [2.05, 4.69) is 19.8 Å². The highest BCUT2D eigenvalue weighted by Gasteiger charge is 2.05. The maximum atomic E-state index is 7.69. The first-order chi connectivity index (χ1) is 9.28. The van der Waals surface area contributed by atoms with Crippen molar-refractivity contribution < 1.29 is 0 Å². The molecule has 1 aromatic carbocycles. The minimum Gasteiger partial charge on any atom is -0.340 e. The molecule has 92 valence electrons. The minimum absolute atomic E-state index is 0.179. The lowest BCUT2D eigenvalue weighted by Gasteiger charge is -2.07. The fraction of sp³-hybridized carbons (Fsp3) is 0.0769. The lowest BCUT2D eigenvalue weighted by atomic mass is 10.2. The molecular formula is C13H10N6. The van der Waals surface area contributed by atoms with E-state index in [9.17, 15) is 0 Å². The average Bonchev–Trinajstić information content (AvgIpc) is 2.93. The van der Waals surface area contributed by atoms with Crippen LogP contribution in [0.15, 0.2) is 36.9 Å². The molecule has 6 heteroatoms. The van der Waals surface area contributed by atoms with E-state index < -0.39 is 0 Å². The molecule has 0 aliphatic rings. The van der Waals surface area contributed by atoms with Gasteiger partial charge in [0, 0.05) is 6.54 Å². The number of aromatic nitrogens is 4. The zero-order valence-electron chi connectivity index (χ0n) is 9.96. The Balaban J connectivity index is 2.06. The Hall–Kier alpha value is -2.94. The van der Waals surface area contributed by atoms with Crippen LogP contribution < -0.4 is 5.49 Å². The van der Waals surface area contributed by atoms with Gasteiger partial charge >= 0.3 is 0 Å². The van der Waals surface area contributed by atoms with Crippen molar-refractivity contribution in [2.75, 3.05) is 0 Å². The largest absolute Gasteiger partial charge is 0.340 e. The van der Waals surface area contributed by atoms with Crippen LogP contribution in [0.5, 0.6) is 0 Å². The van der Waals surface area contributed by atoms with Crippen molar-refractivity contribution in [3.05, 3.63) is 59.4 Å². The molecule has 0 spiro atoms. The zero-order chi connectivity index (χ0) is 13.2. The Kier molecular flexibility index (Phi) is 2.58. The molecule has 0 fully saturated rings. The molecular weight excluding hydrogens is 240 g/mol. The molecule has 2 heterocycles. The Bertz CT molecular complexity index is 836. The number of imidazole rings is 1. The first-order valence-corrected chi connectivity index (χ1v) is 5.67. The van der Waals surface area contributed by atoms with Crippen LogP contribution in [0.4, 0.5) is 5.69 Å². The van der Waals surface area contributed by atoms with Crippen LogP contribution in [0.25, 0.3) is 16.0 Å². The number of aromatic amines is 1. The van der Waals surface area contributed by atoms with Gasteiger partial charge in [-0.2, -0.15) is 0 Å². The molecule has 0 saturated carbocycles. The van der Waals surface area contributed by atoms with Gasteiger partial charge in [0.25, 0.3) is 0 Å². The van der Waals surface area contributed by atoms with E-state index >= 15 is 0 Å². The number of nitrogens with one attached hydrogen (secondary N) is 2. The lowest BCUT2D eigenvalue weighted by molar-refractivity contribution is 0.784. The molecule has 0 saturated heterocycles. The van der Waals surface area contributed by atoms with Crippen LogP contribution in [-0.2, 0) is 6.54 Å². The quantitative estimate of drug-likeness (QED) is 0.681. The molecule has 6 nitrogen and oxygen atoms in total. The van der Waals surface area contributed by atoms with Gasteiger partial charge in [-0.1, -0.05) is 24.3 Å². The summed E-state index contributed by atoms with van der Waals surface area (Å²) < 4.78 is 1.85. The summed E-state index contributed by atoms with van der Waals surface area (Å²) in [5.74, 6) is 0. The lowest BCUT2D eigenvalue weighted by Crippen LogP contribution is -2.13. The van der Waals surface area contributed by atoms with Gasteiger partial charge in [-0.15, -0.1) is 0 Å². The standard InChI is InChI=1S/C13H10N6/c1-15-10-4-2-3-9(5-10)6-19-8-18-12(14)11-13(19)17-7-16-11/h2-5,7-8,14H,6H2,(H,16,17). The maximum absolute atomic E-state index is 7.69. The molecule has 0 unspecified atom stereocenters. The van der Waals surface area contributed by atoms with Crippen molar-refractivity contribution in [1.82, 2.24) is 19.5 Å². The second kappa shape index (κ2) is 4.38. The first-order valence-electron chi connectivity index (χ1n) is 5.67. The van der Waals surface area contributed by atoms with E-state index in [1.54, 1.807) is 18.7 Å². The van der Waals surface area contributed by atoms with Crippen LogP contribution in [0.1, 0.15) is 5.56 Å². The van der Waals surface area contributed by atoms with Crippen LogP contribution in [-0.4, -0.2) is 19.5 Å². The van der Waals surface area contributed by atoms with E-state index in [0.717, 1.165) is 5.56 Å². The number of nitrogens with zero attached hydrogens (tertiary/aromatic N) is 4. The second-order valence-electron chi connectivity index (χ2n) is 4.10. The first kappa shape index (κ1) is 11.2. The molecule has 0 amide bonds. The van der Waals surface area contributed by atoms with Crippen LogP contribution >= 0.6 is 0 Å². The molecule has 2 aromatic heterocycles. The highest BCUT2D eigenvalue weighted by molar-refractivity contribution is 5.68. The summed E-state index contributed by atoms with van der Waals surface area (Å²) >= 11 is 0. The average molecular weight is 250 g/mol. The zero-order valence-corrected chi connectivity index (χ0v) is 9.96. The summed E-state index contributed by atoms with van der Waals surface area (Å²) in [4.78, 5) is 14.5. The van der Waals surface area contributed by atoms with Gasteiger partial charge in [0.2, 0.25) is 0 Å². The fourth-order valence-electron chi connectivity index (χ4n) is 1.96. The van der Waals surface area contributed by atoms with Crippen molar-refractivity contribution in [1.29, 1.82) is 5.41 Å². The van der Waals surface area contributed by atoms with E-state index in [1.807, 2.05) is 22.8 Å². The molecule has 0 aliphatic heterocycles. The third-order valence-electron chi connectivity index (χ3n) is 2.85. The highest BCUT2D eigenvalue weighted by atomic mass is 15.1. The van der Waals surface area contributed by atoms with Gasteiger partial charge in [0.05, 0.1) is 19.2 Å².